The summed E-state index contributed by atoms with van der Waals surface area (Å²) in [4.78, 5) is 12.1. The lowest BCUT2D eigenvalue weighted by Gasteiger charge is -2.20. The van der Waals surface area contributed by atoms with Crippen molar-refractivity contribution in [3.05, 3.63) is 47.2 Å². The van der Waals surface area contributed by atoms with Gasteiger partial charge in [-0.1, -0.05) is 29.4 Å². The number of hydrogen-bond acceptors (Lipinski definition) is 4. The lowest BCUT2D eigenvalue weighted by molar-refractivity contribution is -0.118. The average Bonchev–Trinajstić information content (AvgIpc) is 2.84. The van der Waals surface area contributed by atoms with Gasteiger partial charge in [0.05, 0.1) is 6.04 Å². The molecule has 0 fully saturated rings. The van der Waals surface area contributed by atoms with E-state index in [1.807, 2.05) is 26.0 Å². The van der Waals surface area contributed by atoms with Gasteiger partial charge in [-0.15, -0.1) is 0 Å². The number of hydrogen-bond donors (Lipinski definition) is 2. The molecule has 2 rings (SSSR count). The molecule has 0 radical (unpaired) electrons. The number of nitrogens with one attached hydrogen (secondary N) is 2. The maximum atomic E-state index is 12.1. The molecule has 0 saturated heterocycles. The van der Waals surface area contributed by atoms with Crippen LogP contribution in [0.1, 0.15) is 36.8 Å². The van der Waals surface area contributed by atoms with Crippen molar-refractivity contribution in [2.24, 2.45) is 0 Å². The van der Waals surface area contributed by atoms with Crippen molar-refractivity contribution >= 4 is 11.7 Å². The molecule has 1 aromatic heterocycles. The standard InChI is InChI=1S/C16H21N3O2/c1-10-7-5-6-8-14(10)12(3)17-13(4)16(20)18-15-9-11(2)21-19-15/h5-9,12-13,17H,1-4H3,(H,18,19,20). The highest BCUT2D eigenvalue weighted by molar-refractivity contribution is 5.93. The summed E-state index contributed by atoms with van der Waals surface area (Å²) >= 11 is 0. The molecule has 1 heterocycles. The van der Waals surface area contributed by atoms with Crippen molar-refractivity contribution in [2.75, 3.05) is 5.32 Å². The fourth-order valence-corrected chi connectivity index (χ4v) is 2.27. The molecule has 0 aliphatic rings. The van der Waals surface area contributed by atoms with E-state index in [0.29, 0.717) is 11.6 Å². The summed E-state index contributed by atoms with van der Waals surface area (Å²) in [6.45, 7) is 7.73. The minimum absolute atomic E-state index is 0.0889. The minimum Gasteiger partial charge on any atom is -0.360 e. The maximum Gasteiger partial charge on any atom is 0.242 e. The lowest BCUT2D eigenvalue weighted by Crippen LogP contribution is -2.39. The van der Waals surface area contributed by atoms with E-state index in [2.05, 4.69) is 34.8 Å². The quantitative estimate of drug-likeness (QED) is 0.887. The van der Waals surface area contributed by atoms with E-state index in [4.69, 9.17) is 4.52 Å². The van der Waals surface area contributed by atoms with E-state index >= 15 is 0 Å². The molecular formula is C16H21N3O2. The van der Waals surface area contributed by atoms with Crippen molar-refractivity contribution in [1.82, 2.24) is 10.5 Å². The van der Waals surface area contributed by atoms with Gasteiger partial charge in [0, 0.05) is 12.1 Å². The monoisotopic (exact) mass is 287 g/mol. The Hall–Kier alpha value is -2.14. The third kappa shape index (κ3) is 3.92. The highest BCUT2D eigenvalue weighted by Crippen LogP contribution is 2.17. The number of aryl methyl sites for hydroxylation is 2. The number of nitrogens with zero attached hydrogens (tertiary/aromatic N) is 1. The Kier molecular flexibility index (Phi) is 4.75. The molecule has 5 nitrogen and oxygen atoms in total. The minimum atomic E-state index is -0.336. The molecule has 1 aromatic carbocycles. The number of amides is 1. The van der Waals surface area contributed by atoms with Crippen molar-refractivity contribution in [3.8, 4) is 0 Å². The number of rotatable bonds is 5. The number of aromatic nitrogens is 1. The van der Waals surface area contributed by atoms with Crippen LogP contribution in [0.4, 0.5) is 5.82 Å². The number of benzene rings is 1. The number of carbonyl (C=O) groups is 1. The molecule has 5 heteroatoms. The van der Waals surface area contributed by atoms with E-state index in [1.165, 1.54) is 11.1 Å². The molecule has 2 aromatic rings. The van der Waals surface area contributed by atoms with Crippen LogP contribution in [0.3, 0.4) is 0 Å². The first-order valence-electron chi connectivity index (χ1n) is 7.03. The topological polar surface area (TPSA) is 67.2 Å². The van der Waals surface area contributed by atoms with E-state index in [-0.39, 0.29) is 18.0 Å². The second kappa shape index (κ2) is 6.54. The molecule has 0 aliphatic carbocycles. The average molecular weight is 287 g/mol. The SMILES string of the molecule is Cc1cc(NC(=O)C(C)NC(C)c2ccccc2C)no1. The predicted octanol–water partition coefficient (Wildman–Crippen LogP) is 2.97. The maximum absolute atomic E-state index is 12.1. The molecule has 0 saturated carbocycles. The summed E-state index contributed by atoms with van der Waals surface area (Å²) in [6.07, 6.45) is 0. The van der Waals surface area contributed by atoms with Crippen LogP contribution in [0.2, 0.25) is 0 Å². The van der Waals surface area contributed by atoms with Gasteiger partial charge in [0.2, 0.25) is 5.91 Å². The Morgan fingerprint density at radius 1 is 1.24 bits per heavy atom. The van der Waals surface area contributed by atoms with Crippen molar-refractivity contribution < 1.29 is 9.32 Å². The van der Waals surface area contributed by atoms with Gasteiger partial charge < -0.3 is 9.84 Å². The van der Waals surface area contributed by atoms with Crippen LogP contribution in [0.15, 0.2) is 34.9 Å². The fourth-order valence-electron chi connectivity index (χ4n) is 2.27. The van der Waals surface area contributed by atoms with Gasteiger partial charge >= 0.3 is 0 Å². The molecule has 112 valence electrons. The zero-order valence-corrected chi connectivity index (χ0v) is 12.8. The molecule has 0 aliphatic heterocycles. The van der Waals surface area contributed by atoms with Crippen LogP contribution in [0.5, 0.6) is 0 Å². The number of carbonyl (C=O) groups excluding carboxylic acids is 1. The molecule has 0 spiro atoms. The lowest BCUT2D eigenvalue weighted by atomic mass is 10.0. The van der Waals surface area contributed by atoms with E-state index in [9.17, 15) is 4.79 Å². The van der Waals surface area contributed by atoms with Crippen LogP contribution >= 0.6 is 0 Å². The summed E-state index contributed by atoms with van der Waals surface area (Å²) < 4.78 is 4.93. The molecule has 1 amide bonds. The van der Waals surface area contributed by atoms with Crippen molar-refractivity contribution in [3.63, 3.8) is 0 Å². The van der Waals surface area contributed by atoms with Gasteiger partial charge in [0.15, 0.2) is 5.82 Å². The fraction of sp³-hybridized carbons (Fsp3) is 0.375. The van der Waals surface area contributed by atoms with Crippen LogP contribution < -0.4 is 10.6 Å². The second-order valence-electron chi connectivity index (χ2n) is 5.28. The largest absolute Gasteiger partial charge is 0.360 e. The van der Waals surface area contributed by atoms with Gasteiger partial charge in [0.25, 0.3) is 0 Å². The third-order valence-corrected chi connectivity index (χ3v) is 3.43. The van der Waals surface area contributed by atoms with Crippen LogP contribution in [0.25, 0.3) is 0 Å². The Labute approximate surface area is 124 Å². The summed E-state index contributed by atoms with van der Waals surface area (Å²) in [5.41, 5.74) is 2.40. The second-order valence-corrected chi connectivity index (χ2v) is 5.28. The highest BCUT2D eigenvalue weighted by Gasteiger charge is 2.18. The molecule has 2 atom stereocenters. The summed E-state index contributed by atoms with van der Waals surface area (Å²) in [7, 11) is 0. The predicted molar refractivity (Wildman–Crippen MR) is 82.1 cm³/mol. The van der Waals surface area contributed by atoms with E-state index in [1.54, 1.807) is 13.0 Å². The van der Waals surface area contributed by atoms with Crippen molar-refractivity contribution in [2.45, 2.75) is 39.8 Å². The zero-order valence-electron chi connectivity index (χ0n) is 12.8. The summed E-state index contributed by atoms with van der Waals surface area (Å²) in [5, 5.41) is 9.78. The normalized spacial score (nSPS) is 13.7. The molecule has 2 unspecified atom stereocenters. The smallest absolute Gasteiger partial charge is 0.242 e. The van der Waals surface area contributed by atoms with Crippen molar-refractivity contribution in [1.29, 1.82) is 0 Å². The van der Waals surface area contributed by atoms with Gasteiger partial charge in [-0.2, -0.15) is 0 Å². The molecule has 2 N–H and O–H groups in total. The highest BCUT2D eigenvalue weighted by atomic mass is 16.5. The molecule has 21 heavy (non-hydrogen) atoms. The zero-order chi connectivity index (χ0) is 15.4. The summed E-state index contributed by atoms with van der Waals surface area (Å²) in [6, 6.07) is 9.59. The van der Waals surface area contributed by atoms with Crippen LogP contribution in [-0.2, 0) is 4.79 Å². The Morgan fingerprint density at radius 3 is 2.57 bits per heavy atom. The van der Waals surface area contributed by atoms with Crippen LogP contribution in [-0.4, -0.2) is 17.1 Å². The Morgan fingerprint density at radius 2 is 1.95 bits per heavy atom. The molecule has 0 bridgehead atoms. The van der Waals surface area contributed by atoms with Gasteiger partial charge in [0.1, 0.15) is 5.76 Å². The number of anilines is 1. The van der Waals surface area contributed by atoms with E-state index < -0.39 is 0 Å². The summed E-state index contributed by atoms with van der Waals surface area (Å²) in [5.74, 6) is 0.970. The first kappa shape index (κ1) is 15.3. The first-order chi connectivity index (χ1) is 9.97. The van der Waals surface area contributed by atoms with E-state index in [0.717, 1.165) is 0 Å². The first-order valence-corrected chi connectivity index (χ1v) is 7.03. The van der Waals surface area contributed by atoms with Gasteiger partial charge in [-0.05, 0) is 38.8 Å². The Bertz CT molecular complexity index is 621. The van der Waals surface area contributed by atoms with Gasteiger partial charge in [-0.25, -0.2) is 0 Å². The van der Waals surface area contributed by atoms with Crippen LogP contribution in [0, 0.1) is 13.8 Å². The molecular weight excluding hydrogens is 266 g/mol. The third-order valence-electron chi connectivity index (χ3n) is 3.43. The van der Waals surface area contributed by atoms with Gasteiger partial charge in [-0.3, -0.25) is 10.1 Å². The Balaban J connectivity index is 1.96.